The summed E-state index contributed by atoms with van der Waals surface area (Å²) in [6.45, 7) is 0. The second-order valence-corrected chi connectivity index (χ2v) is 5.02. The highest BCUT2D eigenvalue weighted by molar-refractivity contribution is 8.08. The molecular formula is C13H9NO4S. The molecule has 96 valence electrons. The lowest BCUT2D eigenvalue weighted by Crippen LogP contribution is -2.09. The summed E-state index contributed by atoms with van der Waals surface area (Å²) in [4.78, 5) is 11.5. The van der Waals surface area contributed by atoms with E-state index < -0.39 is 5.25 Å². The molecule has 3 heterocycles. The molecule has 0 N–H and O–H groups in total. The van der Waals surface area contributed by atoms with Gasteiger partial charge in [0.1, 0.15) is 11.5 Å². The fraction of sp³-hybridized carbons (Fsp3) is 0.0769. The van der Waals surface area contributed by atoms with Gasteiger partial charge in [-0.1, -0.05) is 11.8 Å². The van der Waals surface area contributed by atoms with Crippen LogP contribution in [-0.2, 0) is 0 Å². The number of nitro groups is 1. The molecule has 1 aliphatic heterocycles. The van der Waals surface area contributed by atoms with Gasteiger partial charge in [-0.05, 0) is 30.3 Å². The number of hydrogen-bond donors (Lipinski definition) is 0. The van der Waals surface area contributed by atoms with Crippen LogP contribution in [0, 0.1) is 10.1 Å². The lowest BCUT2D eigenvalue weighted by molar-refractivity contribution is -0.427. The lowest BCUT2D eigenvalue weighted by Gasteiger charge is -2.16. The quantitative estimate of drug-likeness (QED) is 0.628. The van der Waals surface area contributed by atoms with E-state index in [0.29, 0.717) is 11.5 Å². The van der Waals surface area contributed by atoms with E-state index in [1.807, 2.05) is 6.07 Å². The molecule has 19 heavy (non-hydrogen) atoms. The van der Waals surface area contributed by atoms with Crippen LogP contribution in [0.2, 0.25) is 0 Å². The summed E-state index contributed by atoms with van der Waals surface area (Å²) in [6.07, 6.45) is 6.28. The van der Waals surface area contributed by atoms with Crippen molar-refractivity contribution < 1.29 is 13.8 Å². The molecule has 2 aromatic rings. The third-order valence-electron chi connectivity index (χ3n) is 2.70. The maximum atomic E-state index is 11.1. The molecule has 0 bridgehead atoms. The van der Waals surface area contributed by atoms with Crippen molar-refractivity contribution in [1.29, 1.82) is 0 Å². The largest absolute Gasteiger partial charge is 0.468 e. The average Bonchev–Trinajstić information content (AvgIpc) is 3.11. The van der Waals surface area contributed by atoms with Crippen molar-refractivity contribution in [2.45, 2.75) is 5.25 Å². The van der Waals surface area contributed by atoms with Crippen LogP contribution in [0.1, 0.15) is 16.8 Å². The summed E-state index contributed by atoms with van der Waals surface area (Å²) in [6, 6.07) is 7.06. The summed E-state index contributed by atoms with van der Waals surface area (Å²) in [5.74, 6) is 1.25. The first kappa shape index (κ1) is 11.9. The van der Waals surface area contributed by atoms with Crippen LogP contribution in [0.15, 0.2) is 63.5 Å². The van der Waals surface area contributed by atoms with Gasteiger partial charge in [-0.15, -0.1) is 0 Å². The van der Waals surface area contributed by atoms with Crippen LogP contribution < -0.4 is 0 Å². The Morgan fingerprint density at radius 2 is 1.95 bits per heavy atom. The maximum Gasteiger partial charge on any atom is 0.267 e. The van der Waals surface area contributed by atoms with Crippen molar-refractivity contribution in [3.63, 3.8) is 0 Å². The zero-order valence-electron chi connectivity index (χ0n) is 9.68. The fourth-order valence-corrected chi connectivity index (χ4v) is 3.00. The number of thioether (sulfide) groups is 1. The maximum absolute atomic E-state index is 11.1. The predicted molar refractivity (Wildman–Crippen MR) is 70.8 cm³/mol. The number of furan rings is 2. The van der Waals surface area contributed by atoms with E-state index in [-0.39, 0.29) is 10.6 Å². The number of rotatable bonds is 3. The third-order valence-corrected chi connectivity index (χ3v) is 4.00. The van der Waals surface area contributed by atoms with Gasteiger partial charge in [0.05, 0.1) is 22.4 Å². The number of allylic oxidation sites excluding steroid dienone is 2. The predicted octanol–water partition coefficient (Wildman–Crippen LogP) is 3.86. The highest BCUT2D eigenvalue weighted by Gasteiger charge is 2.33. The van der Waals surface area contributed by atoms with Crippen molar-refractivity contribution in [2.75, 3.05) is 0 Å². The van der Waals surface area contributed by atoms with Crippen molar-refractivity contribution >= 4 is 16.7 Å². The van der Waals surface area contributed by atoms with E-state index in [0.717, 1.165) is 4.91 Å². The molecule has 6 heteroatoms. The Morgan fingerprint density at radius 3 is 2.58 bits per heavy atom. The molecule has 1 atom stereocenters. The summed E-state index contributed by atoms with van der Waals surface area (Å²) in [7, 11) is 0. The average molecular weight is 275 g/mol. The minimum Gasteiger partial charge on any atom is -0.468 e. The Morgan fingerprint density at radius 1 is 1.16 bits per heavy atom. The Bertz CT molecular complexity index is 640. The van der Waals surface area contributed by atoms with Crippen LogP contribution in [0.4, 0.5) is 0 Å². The van der Waals surface area contributed by atoms with E-state index >= 15 is 0 Å². The normalized spacial score (nSPS) is 18.8. The zero-order chi connectivity index (χ0) is 13.2. The second kappa shape index (κ2) is 4.81. The molecule has 0 saturated heterocycles. The molecule has 5 nitrogen and oxygen atoms in total. The molecule has 0 fully saturated rings. The van der Waals surface area contributed by atoms with Gasteiger partial charge in [-0.25, -0.2) is 0 Å². The Labute approximate surface area is 112 Å². The molecule has 3 rings (SSSR count). The van der Waals surface area contributed by atoms with Gasteiger partial charge in [0.25, 0.3) is 5.70 Å². The molecule has 0 radical (unpaired) electrons. The standard InChI is InChI=1S/C13H9NO4S/c15-14(16)9-5-6-12(10-3-1-7-17-10)19-13(9)11-4-2-8-18-11/h1-8,13H. The molecule has 2 aromatic heterocycles. The minimum absolute atomic E-state index is 0.107. The van der Waals surface area contributed by atoms with E-state index in [1.54, 1.807) is 30.5 Å². The number of nitrogens with zero attached hydrogens (tertiary/aromatic N) is 1. The summed E-state index contributed by atoms with van der Waals surface area (Å²) >= 11 is 1.35. The molecule has 0 aliphatic carbocycles. The molecule has 0 spiro atoms. The van der Waals surface area contributed by atoms with E-state index in [9.17, 15) is 10.1 Å². The summed E-state index contributed by atoms with van der Waals surface area (Å²) in [5.41, 5.74) is 0.107. The smallest absolute Gasteiger partial charge is 0.267 e. The number of hydrogen-bond acceptors (Lipinski definition) is 5. The van der Waals surface area contributed by atoms with E-state index in [2.05, 4.69) is 0 Å². The van der Waals surface area contributed by atoms with Crippen LogP contribution in [0.3, 0.4) is 0 Å². The molecule has 0 aromatic carbocycles. The first-order valence-corrected chi connectivity index (χ1v) is 6.44. The van der Waals surface area contributed by atoms with Crippen LogP contribution in [0.5, 0.6) is 0 Å². The van der Waals surface area contributed by atoms with Gasteiger partial charge in [0.2, 0.25) is 0 Å². The van der Waals surface area contributed by atoms with Gasteiger partial charge in [-0.3, -0.25) is 10.1 Å². The Balaban J connectivity index is 1.99. The third kappa shape index (κ3) is 2.22. The summed E-state index contributed by atoms with van der Waals surface area (Å²) in [5, 5.41) is 10.6. The topological polar surface area (TPSA) is 69.4 Å². The molecule has 1 aliphatic rings. The zero-order valence-corrected chi connectivity index (χ0v) is 10.5. The van der Waals surface area contributed by atoms with Gasteiger partial charge in [0.15, 0.2) is 5.25 Å². The highest BCUT2D eigenvalue weighted by atomic mass is 32.2. The monoisotopic (exact) mass is 275 g/mol. The molecule has 0 saturated carbocycles. The van der Waals surface area contributed by atoms with Gasteiger partial charge in [-0.2, -0.15) is 0 Å². The van der Waals surface area contributed by atoms with Crippen molar-refractivity contribution in [3.05, 3.63) is 76.3 Å². The van der Waals surface area contributed by atoms with Gasteiger partial charge in [0, 0.05) is 6.08 Å². The van der Waals surface area contributed by atoms with Crippen molar-refractivity contribution in [1.82, 2.24) is 0 Å². The SMILES string of the molecule is O=[N+]([O-])C1=CC=C(c2ccco2)SC1c1ccco1. The first-order chi connectivity index (χ1) is 9.25. The minimum atomic E-state index is -0.463. The van der Waals surface area contributed by atoms with Gasteiger partial charge >= 0.3 is 0 Å². The first-order valence-electron chi connectivity index (χ1n) is 5.56. The van der Waals surface area contributed by atoms with Crippen LogP contribution in [0.25, 0.3) is 4.91 Å². The highest BCUT2D eigenvalue weighted by Crippen LogP contribution is 2.47. The lowest BCUT2D eigenvalue weighted by atomic mass is 10.2. The van der Waals surface area contributed by atoms with Crippen molar-refractivity contribution in [2.24, 2.45) is 0 Å². The molecule has 0 amide bonds. The Hall–Kier alpha value is -2.21. The van der Waals surface area contributed by atoms with Crippen molar-refractivity contribution in [3.8, 4) is 0 Å². The molecule has 1 unspecified atom stereocenters. The van der Waals surface area contributed by atoms with Crippen LogP contribution >= 0.6 is 11.8 Å². The Kier molecular flexibility index (Phi) is 3.00. The fourth-order valence-electron chi connectivity index (χ4n) is 1.83. The van der Waals surface area contributed by atoms with Crippen LogP contribution in [-0.4, -0.2) is 4.92 Å². The molecular weight excluding hydrogens is 266 g/mol. The van der Waals surface area contributed by atoms with E-state index in [1.165, 1.54) is 24.1 Å². The second-order valence-electron chi connectivity index (χ2n) is 3.87. The van der Waals surface area contributed by atoms with E-state index in [4.69, 9.17) is 8.83 Å². The van der Waals surface area contributed by atoms with Gasteiger partial charge < -0.3 is 8.83 Å². The summed E-state index contributed by atoms with van der Waals surface area (Å²) < 4.78 is 10.6.